The highest BCUT2D eigenvalue weighted by molar-refractivity contribution is 5.82. The monoisotopic (exact) mass is 245 g/mol. The SMILES string of the molecule is NC(=O)Nn1ccc2c(cnc3ncnn32)c1=O. The summed E-state index contributed by atoms with van der Waals surface area (Å²) < 4.78 is 2.42. The van der Waals surface area contributed by atoms with Gasteiger partial charge >= 0.3 is 6.03 Å². The maximum atomic E-state index is 12.0. The van der Waals surface area contributed by atoms with Crippen LogP contribution in [0.2, 0.25) is 0 Å². The maximum Gasteiger partial charge on any atom is 0.331 e. The normalized spacial score (nSPS) is 10.9. The zero-order valence-electron chi connectivity index (χ0n) is 8.94. The summed E-state index contributed by atoms with van der Waals surface area (Å²) in [7, 11) is 0. The first-order chi connectivity index (χ1) is 8.66. The van der Waals surface area contributed by atoms with Gasteiger partial charge in [-0.1, -0.05) is 0 Å². The molecule has 3 aromatic rings. The molecule has 0 aromatic carbocycles. The number of hydrogen-bond acceptors (Lipinski definition) is 5. The third kappa shape index (κ3) is 1.38. The Morgan fingerprint density at radius 1 is 1.39 bits per heavy atom. The average Bonchev–Trinajstić information content (AvgIpc) is 2.80. The molecule has 0 radical (unpaired) electrons. The predicted molar refractivity (Wildman–Crippen MR) is 61.5 cm³/mol. The number of fused-ring (bicyclic) bond motifs is 3. The van der Waals surface area contributed by atoms with Crippen LogP contribution in [0.4, 0.5) is 4.79 Å². The lowest BCUT2D eigenvalue weighted by Crippen LogP contribution is -2.35. The summed E-state index contributed by atoms with van der Waals surface area (Å²) in [5.74, 6) is 0.391. The molecule has 0 bridgehead atoms. The zero-order valence-corrected chi connectivity index (χ0v) is 8.94. The number of nitrogens with two attached hydrogens (primary N) is 1. The Labute approximate surface area is 98.8 Å². The minimum atomic E-state index is -0.828. The van der Waals surface area contributed by atoms with Crippen LogP contribution in [0.1, 0.15) is 0 Å². The Bertz CT molecular complexity index is 819. The van der Waals surface area contributed by atoms with E-state index in [-0.39, 0.29) is 0 Å². The van der Waals surface area contributed by atoms with Crippen LogP contribution in [0.5, 0.6) is 0 Å². The van der Waals surface area contributed by atoms with Gasteiger partial charge in [0, 0.05) is 12.4 Å². The Kier molecular flexibility index (Phi) is 1.99. The minimum absolute atomic E-state index is 0.296. The van der Waals surface area contributed by atoms with Crippen LogP contribution < -0.4 is 16.7 Å². The van der Waals surface area contributed by atoms with E-state index in [1.54, 1.807) is 6.07 Å². The zero-order chi connectivity index (χ0) is 12.7. The number of nitrogens with zero attached hydrogens (tertiary/aromatic N) is 5. The van der Waals surface area contributed by atoms with E-state index in [4.69, 9.17) is 5.73 Å². The number of urea groups is 1. The van der Waals surface area contributed by atoms with Gasteiger partial charge in [0.2, 0.25) is 0 Å². The van der Waals surface area contributed by atoms with Gasteiger partial charge in [-0.25, -0.2) is 19.9 Å². The van der Waals surface area contributed by atoms with E-state index in [9.17, 15) is 9.59 Å². The number of carbonyl (C=O) groups is 1. The molecule has 0 saturated heterocycles. The van der Waals surface area contributed by atoms with Crippen LogP contribution >= 0.6 is 0 Å². The van der Waals surface area contributed by atoms with Crippen molar-refractivity contribution < 1.29 is 4.79 Å². The molecule has 9 heteroatoms. The molecule has 9 nitrogen and oxygen atoms in total. The molecule has 18 heavy (non-hydrogen) atoms. The highest BCUT2D eigenvalue weighted by Gasteiger charge is 2.08. The van der Waals surface area contributed by atoms with Crippen LogP contribution in [0, 0.1) is 0 Å². The van der Waals surface area contributed by atoms with Gasteiger partial charge in [-0.2, -0.15) is 14.6 Å². The Morgan fingerprint density at radius 3 is 3.00 bits per heavy atom. The molecule has 0 fully saturated rings. The summed E-state index contributed by atoms with van der Waals surface area (Å²) in [6.45, 7) is 0. The summed E-state index contributed by atoms with van der Waals surface area (Å²) in [4.78, 5) is 30.7. The van der Waals surface area contributed by atoms with Crippen LogP contribution in [-0.4, -0.2) is 30.3 Å². The first-order valence-corrected chi connectivity index (χ1v) is 4.93. The van der Waals surface area contributed by atoms with Crippen LogP contribution in [0.3, 0.4) is 0 Å². The number of pyridine rings is 1. The van der Waals surface area contributed by atoms with Gasteiger partial charge in [-0.05, 0) is 6.07 Å². The lowest BCUT2D eigenvalue weighted by atomic mass is 10.3. The Balaban J connectivity index is 2.35. The number of primary amides is 1. The fourth-order valence-corrected chi connectivity index (χ4v) is 1.67. The molecular weight excluding hydrogens is 238 g/mol. The van der Waals surface area contributed by atoms with E-state index in [0.717, 1.165) is 4.68 Å². The van der Waals surface area contributed by atoms with E-state index in [1.165, 1.54) is 23.2 Å². The van der Waals surface area contributed by atoms with Gasteiger partial charge in [-0.15, -0.1) is 0 Å². The van der Waals surface area contributed by atoms with Crippen molar-refractivity contribution in [2.45, 2.75) is 0 Å². The van der Waals surface area contributed by atoms with E-state index >= 15 is 0 Å². The fraction of sp³-hybridized carbons (Fsp3) is 0. The third-order valence-corrected chi connectivity index (χ3v) is 2.40. The molecule has 3 N–H and O–H groups in total. The first-order valence-electron chi connectivity index (χ1n) is 4.93. The van der Waals surface area contributed by atoms with Crippen molar-refractivity contribution in [3.05, 3.63) is 35.1 Å². The molecule has 0 aliphatic rings. The fourth-order valence-electron chi connectivity index (χ4n) is 1.67. The average molecular weight is 245 g/mol. The number of nitrogens with one attached hydrogen (secondary N) is 1. The molecule has 0 spiro atoms. The molecule has 0 atom stereocenters. The summed E-state index contributed by atoms with van der Waals surface area (Å²) >= 11 is 0. The van der Waals surface area contributed by atoms with Crippen molar-refractivity contribution in [3.63, 3.8) is 0 Å². The smallest absolute Gasteiger partial charge is 0.331 e. The van der Waals surface area contributed by atoms with Crippen molar-refractivity contribution in [1.29, 1.82) is 0 Å². The highest BCUT2D eigenvalue weighted by atomic mass is 16.2. The van der Waals surface area contributed by atoms with E-state index in [1.807, 2.05) is 0 Å². The second-order valence-corrected chi connectivity index (χ2v) is 3.50. The number of aromatic nitrogens is 5. The van der Waals surface area contributed by atoms with Crippen molar-refractivity contribution in [1.82, 2.24) is 24.3 Å². The third-order valence-electron chi connectivity index (χ3n) is 2.40. The summed E-state index contributed by atoms with van der Waals surface area (Å²) in [6, 6.07) is 0.780. The molecule has 90 valence electrons. The molecule has 3 rings (SSSR count). The molecule has 0 aliphatic heterocycles. The van der Waals surface area contributed by atoms with Gasteiger partial charge in [0.25, 0.3) is 11.3 Å². The van der Waals surface area contributed by atoms with Crippen LogP contribution in [-0.2, 0) is 0 Å². The molecule has 3 heterocycles. The van der Waals surface area contributed by atoms with E-state index in [0.29, 0.717) is 16.7 Å². The van der Waals surface area contributed by atoms with Gasteiger partial charge in [0.05, 0.1) is 10.9 Å². The Morgan fingerprint density at radius 2 is 2.22 bits per heavy atom. The molecule has 3 aromatic heterocycles. The van der Waals surface area contributed by atoms with E-state index in [2.05, 4.69) is 20.5 Å². The molecular formula is C9H7N7O2. The molecule has 2 amide bonds. The summed E-state index contributed by atoms with van der Waals surface area (Å²) in [5, 5.41) is 4.26. The van der Waals surface area contributed by atoms with Gasteiger partial charge in [0.1, 0.15) is 6.33 Å². The number of hydrogen-bond donors (Lipinski definition) is 2. The van der Waals surface area contributed by atoms with Gasteiger partial charge in [-0.3, -0.25) is 4.79 Å². The lowest BCUT2D eigenvalue weighted by molar-refractivity contribution is 0.257. The van der Waals surface area contributed by atoms with Crippen molar-refractivity contribution in [2.24, 2.45) is 5.73 Å². The topological polar surface area (TPSA) is 120 Å². The number of rotatable bonds is 1. The summed E-state index contributed by atoms with van der Waals surface area (Å²) in [6.07, 6.45) is 4.10. The second kappa shape index (κ2) is 3.52. The molecule has 0 aliphatic carbocycles. The molecule has 0 unspecified atom stereocenters. The second-order valence-electron chi connectivity index (χ2n) is 3.50. The van der Waals surface area contributed by atoms with Crippen LogP contribution in [0.15, 0.2) is 29.6 Å². The predicted octanol–water partition coefficient (Wildman–Crippen LogP) is -0.939. The standard InChI is InChI=1S/C9H7N7O2/c10-8(18)14-15-2-1-6-5(7(15)17)3-11-9-12-4-13-16(6)9/h1-4H,(H3,10,14,18). The van der Waals surface area contributed by atoms with Crippen molar-refractivity contribution in [2.75, 3.05) is 5.43 Å². The van der Waals surface area contributed by atoms with Crippen molar-refractivity contribution >= 4 is 22.7 Å². The number of carbonyl (C=O) groups excluding carboxylic acids is 1. The maximum absolute atomic E-state index is 12.0. The molecule has 0 saturated carbocycles. The summed E-state index contributed by atoms with van der Waals surface area (Å²) in [5.41, 5.74) is 7.23. The van der Waals surface area contributed by atoms with E-state index < -0.39 is 11.6 Å². The van der Waals surface area contributed by atoms with Gasteiger partial charge < -0.3 is 5.73 Å². The largest absolute Gasteiger partial charge is 0.350 e. The first kappa shape index (κ1) is 10.2. The Hall–Kier alpha value is -2.97. The highest BCUT2D eigenvalue weighted by Crippen LogP contribution is 2.08. The van der Waals surface area contributed by atoms with Gasteiger partial charge in [0.15, 0.2) is 0 Å². The van der Waals surface area contributed by atoms with Crippen molar-refractivity contribution in [3.8, 4) is 0 Å². The van der Waals surface area contributed by atoms with Crippen LogP contribution in [0.25, 0.3) is 16.7 Å². The quantitative estimate of drug-likeness (QED) is 0.573. The number of amides is 2. The lowest BCUT2D eigenvalue weighted by Gasteiger charge is -2.06. The minimum Gasteiger partial charge on any atom is -0.350 e.